The smallest absolute Gasteiger partial charge is 0.129 e. The van der Waals surface area contributed by atoms with Gasteiger partial charge >= 0.3 is 0 Å². The third-order valence-corrected chi connectivity index (χ3v) is 1.49. The molecule has 0 aliphatic carbocycles. The molecule has 3 nitrogen and oxygen atoms in total. The van der Waals surface area contributed by atoms with Crippen LogP contribution in [0.1, 0.15) is 5.76 Å². The first-order valence-corrected chi connectivity index (χ1v) is 4.20. The van der Waals surface area contributed by atoms with E-state index in [4.69, 9.17) is 14.6 Å². The zero-order chi connectivity index (χ0) is 10.2. The lowest BCUT2D eigenvalue weighted by Crippen LogP contribution is -1.72. The highest BCUT2D eigenvalue weighted by Crippen LogP contribution is 2.02. The van der Waals surface area contributed by atoms with Gasteiger partial charge in [0, 0.05) is 0 Å². The Hall–Kier alpha value is -1.74. The summed E-state index contributed by atoms with van der Waals surface area (Å²) in [5.74, 6) is 0.933. The van der Waals surface area contributed by atoms with Crippen molar-refractivity contribution < 1.29 is 14.6 Å². The fourth-order valence-electron chi connectivity index (χ4n) is 0.831. The first kappa shape index (κ1) is 10.3. The molecule has 1 aromatic carbocycles. The van der Waals surface area contributed by atoms with Crippen LogP contribution in [0.25, 0.3) is 0 Å². The minimum Gasteiger partial charge on any atom is -0.508 e. The number of aromatic hydroxyl groups is 1. The molecule has 0 aliphatic rings. The van der Waals surface area contributed by atoms with Crippen LogP contribution in [0, 0.1) is 0 Å². The van der Waals surface area contributed by atoms with Gasteiger partial charge < -0.3 is 14.6 Å². The van der Waals surface area contributed by atoms with Gasteiger partial charge in [-0.15, -0.1) is 0 Å². The number of phenols is 1. The molecule has 0 saturated carbocycles. The predicted molar refractivity (Wildman–Crippen MR) is 52.7 cm³/mol. The van der Waals surface area contributed by atoms with Crippen LogP contribution < -0.4 is 0 Å². The first-order valence-electron chi connectivity index (χ1n) is 4.20. The van der Waals surface area contributed by atoms with Gasteiger partial charge in [0.25, 0.3) is 0 Å². The van der Waals surface area contributed by atoms with Gasteiger partial charge in [-0.2, -0.15) is 0 Å². The summed E-state index contributed by atoms with van der Waals surface area (Å²) in [6.07, 6.45) is 1.53. The summed E-state index contributed by atoms with van der Waals surface area (Å²) in [5, 5.41) is 17.0. The number of furan rings is 1. The fourth-order valence-corrected chi connectivity index (χ4v) is 0.831. The van der Waals surface area contributed by atoms with Gasteiger partial charge in [0.1, 0.15) is 18.1 Å². The summed E-state index contributed by atoms with van der Waals surface area (Å²) < 4.78 is 4.73. The average molecular weight is 192 g/mol. The van der Waals surface area contributed by atoms with E-state index in [1.165, 1.54) is 6.26 Å². The lowest BCUT2D eigenvalue weighted by molar-refractivity contribution is 0.247. The van der Waals surface area contributed by atoms with Gasteiger partial charge in [0.15, 0.2) is 0 Å². The van der Waals surface area contributed by atoms with Gasteiger partial charge in [-0.1, -0.05) is 18.2 Å². The summed E-state index contributed by atoms with van der Waals surface area (Å²) in [6, 6.07) is 12.2. The standard InChI is InChI=1S/C6H6O.C5H6O2/c7-6-4-2-1-3-5-6;6-4-5-2-1-3-7-5/h1-5,7H;1-3,6H,4H2. The molecule has 0 unspecified atom stereocenters. The van der Waals surface area contributed by atoms with E-state index in [1.54, 1.807) is 36.4 Å². The average Bonchev–Trinajstić information content (AvgIpc) is 2.72. The molecule has 2 aromatic rings. The minimum atomic E-state index is -0.00694. The van der Waals surface area contributed by atoms with Crippen LogP contribution in [0.4, 0.5) is 0 Å². The summed E-state index contributed by atoms with van der Waals surface area (Å²) >= 11 is 0. The second-order valence-electron chi connectivity index (χ2n) is 2.57. The van der Waals surface area contributed by atoms with Gasteiger partial charge in [-0.05, 0) is 24.3 Å². The molecule has 0 bridgehead atoms. The Kier molecular flexibility index (Phi) is 4.31. The quantitative estimate of drug-likeness (QED) is 0.728. The largest absolute Gasteiger partial charge is 0.508 e. The van der Waals surface area contributed by atoms with Crippen molar-refractivity contribution in [3.8, 4) is 5.75 Å². The van der Waals surface area contributed by atoms with Crippen LogP contribution in [0.15, 0.2) is 53.1 Å². The monoisotopic (exact) mass is 192 g/mol. The van der Waals surface area contributed by atoms with E-state index < -0.39 is 0 Å². The molecule has 0 saturated heterocycles. The second-order valence-corrected chi connectivity index (χ2v) is 2.57. The van der Waals surface area contributed by atoms with Crippen molar-refractivity contribution in [3.63, 3.8) is 0 Å². The fraction of sp³-hybridized carbons (Fsp3) is 0.0909. The molecule has 1 aromatic heterocycles. The van der Waals surface area contributed by atoms with Crippen LogP contribution in [0.5, 0.6) is 5.75 Å². The Morgan fingerprint density at radius 1 is 1.00 bits per heavy atom. The maximum absolute atomic E-state index is 8.63. The Bertz CT molecular complexity index is 327. The Morgan fingerprint density at radius 2 is 1.71 bits per heavy atom. The molecule has 0 aliphatic heterocycles. The SMILES string of the molecule is OCc1ccco1.Oc1ccccc1. The molecule has 0 amide bonds. The van der Waals surface area contributed by atoms with Crippen molar-refractivity contribution in [2.75, 3.05) is 0 Å². The molecule has 14 heavy (non-hydrogen) atoms. The number of aliphatic hydroxyl groups is 1. The van der Waals surface area contributed by atoms with Crippen molar-refractivity contribution >= 4 is 0 Å². The van der Waals surface area contributed by atoms with E-state index in [9.17, 15) is 0 Å². The summed E-state index contributed by atoms with van der Waals surface area (Å²) in [5.41, 5.74) is 0. The first-order chi connectivity index (χ1) is 6.83. The lowest BCUT2D eigenvalue weighted by Gasteiger charge is -1.82. The maximum atomic E-state index is 8.63. The Labute approximate surface area is 82.2 Å². The van der Waals surface area contributed by atoms with Gasteiger partial charge in [0.05, 0.1) is 6.26 Å². The number of hydrogen-bond donors (Lipinski definition) is 2. The molecule has 0 radical (unpaired) electrons. The summed E-state index contributed by atoms with van der Waals surface area (Å²) in [4.78, 5) is 0. The highest BCUT2D eigenvalue weighted by Gasteiger charge is 1.85. The number of hydrogen-bond acceptors (Lipinski definition) is 3. The molecule has 2 N–H and O–H groups in total. The third-order valence-electron chi connectivity index (χ3n) is 1.49. The third kappa shape index (κ3) is 3.78. The van der Waals surface area contributed by atoms with E-state index in [-0.39, 0.29) is 6.61 Å². The van der Waals surface area contributed by atoms with E-state index >= 15 is 0 Å². The van der Waals surface area contributed by atoms with Gasteiger partial charge in [-0.3, -0.25) is 0 Å². The van der Waals surface area contributed by atoms with Crippen LogP contribution in [0.2, 0.25) is 0 Å². The lowest BCUT2D eigenvalue weighted by atomic mass is 10.3. The number of phenolic OH excluding ortho intramolecular Hbond substituents is 1. The van der Waals surface area contributed by atoms with Crippen molar-refractivity contribution in [1.82, 2.24) is 0 Å². The highest BCUT2D eigenvalue weighted by atomic mass is 16.4. The normalized spacial score (nSPS) is 8.93. The van der Waals surface area contributed by atoms with E-state index in [1.807, 2.05) is 6.07 Å². The minimum absolute atomic E-state index is 0.00694. The van der Waals surface area contributed by atoms with E-state index in [2.05, 4.69) is 0 Å². The van der Waals surface area contributed by atoms with E-state index in [0.29, 0.717) is 11.5 Å². The molecular weight excluding hydrogens is 180 g/mol. The number of rotatable bonds is 1. The molecule has 3 heteroatoms. The Morgan fingerprint density at radius 3 is 2.00 bits per heavy atom. The van der Waals surface area contributed by atoms with Crippen LogP contribution in [-0.4, -0.2) is 10.2 Å². The molecular formula is C11H12O3. The summed E-state index contributed by atoms with van der Waals surface area (Å²) in [7, 11) is 0. The van der Waals surface area contributed by atoms with Gasteiger partial charge in [-0.25, -0.2) is 0 Å². The maximum Gasteiger partial charge on any atom is 0.129 e. The number of para-hydroxylation sites is 1. The molecule has 0 spiro atoms. The van der Waals surface area contributed by atoms with Crippen LogP contribution >= 0.6 is 0 Å². The molecule has 2 rings (SSSR count). The zero-order valence-electron chi connectivity index (χ0n) is 7.63. The molecule has 0 fully saturated rings. The van der Waals surface area contributed by atoms with Crippen molar-refractivity contribution in [2.24, 2.45) is 0 Å². The summed E-state index contributed by atoms with van der Waals surface area (Å²) in [6.45, 7) is -0.00694. The molecule has 0 atom stereocenters. The van der Waals surface area contributed by atoms with Crippen molar-refractivity contribution in [3.05, 3.63) is 54.5 Å². The highest BCUT2D eigenvalue weighted by molar-refractivity contribution is 5.18. The van der Waals surface area contributed by atoms with Crippen molar-refractivity contribution in [2.45, 2.75) is 6.61 Å². The predicted octanol–water partition coefficient (Wildman–Crippen LogP) is 2.16. The van der Waals surface area contributed by atoms with Crippen LogP contribution in [0.3, 0.4) is 0 Å². The zero-order valence-corrected chi connectivity index (χ0v) is 7.63. The molecule has 74 valence electrons. The topological polar surface area (TPSA) is 53.6 Å². The van der Waals surface area contributed by atoms with Crippen molar-refractivity contribution in [1.29, 1.82) is 0 Å². The second kappa shape index (κ2) is 5.83. The van der Waals surface area contributed by atoms with Gasteiger partial charge in [0.2, 0.25) is 0 Å². The number of aliphatic hydroxyl groups excluding tert-OH is 1. The van der Waals surface area contributed by atoms with E-state index in [0.717, 1.165) is 0 Å². The molecule has 1 heterocycles. The number of benzene rings is 1. The van der Waals surface area contributed by atoms with Crippen LogP contribution in [-0.2, 0) is 6.61 Å². The Balaban J connectivity index is 0.000000140.